The number of carbonyl (C=O) groups is 1. The number of ether oxygens (including phenoxy) is 1. The van der Waals surface area contributed by atoms with Crippen LogP contribution in [0.2, 0.25) is 0 Å². The van der Waals surface area contributed by atoms with Crippen LogP contribution in [0.4, 0.5) is 0 Å². The Morgan fingerprint density at radius 1 is 1.25 bits per heavy atom. The molecule has 0 radical (unpaired) electrons. The van der Waals surface area contributed by atoms with Crippen molar-refractivity contribution in [2.24, 2.45) is 0 Å². The number of hydrogen-bond donors (Lipinski definition) is 2. The van der Waals surface area contributed by atoms with Gasteiger partial charge in [-0.3, -0.25) is 4.79 Å². The molecule has 0 aliphatic carbocycles. The molecule has 3 rings (SSSR count). The second-order valence-corrected chi connectivity index (χ2v) is 7.13. The Balaban J connectivity index is 1.47. The topological polar surface area (TPSA) is 85.6 Å². The quantitative estimate of drug-likeness (QED) is 0.763. The Morgan fingerprint density at radius 2 is 1.96 bits per heavy atom. The number of nitrogens with one attached hydrogen (secondary N) is 1. The molecular formula is C22H25N3O3. The second-order valence-electron chi connectivity index (χ2n) is 7.13. The van der Waals surface area contributed by atoms with Crippen LogP contribution in [-0.2, 0) is 11.2 Å². The van der Waals surface area contributed by atoms with Crippen LogP contribution in [0.1, 0.15) is 21.5 Å². The van der Waals surface area contributed by atoms with E-state index in [2.05, 4.69) is 22.3 Å². The average Bonchev–Trinajstić information content (AvgIpc) is 3.06. The molecule has 1 heterocycles. The van der Waals surface area contributed by atoms with Crippen molar-refractivity contribution in [2.45, 2.75) is 24.7 Å². The van der Waals surface area contributed by atoms with Gasteiger partial charge in [0.15, 0.2) is 0 Å². The number of likely N-dealkylation sites (N-methyl/N-ethyl adjacent to an activating group) is 1. The number of aliphatic hydroxyl groups is 1. The van der Waals surface area contributed by atoms with Crippen LogP contribution in [0, 0.1) is 11.3 Å². The zero-order chi connectivity index (χ0) is 19.9. The standard InChI is InChI=1S/C22H25N3O3/c1-25(12-11-16-5-3-2-4-6-16)14-20-21(26)19(15-28-20)24-22(27)18-9-7-17(13-23)8-10-18/h2-10,19-21,26H,11-12,14-15H2,1H3,(H,24,27). The fourth-order valence-electron chi connectivity index (χ4n) is 3.28. The summed E-state index contributed by atoms with van der Waals surface area (Å²) in [7, 11) is 2.00. The lowest BCUT2D eigenvalue weighted by Crippen LogP contribution is -2.46. The van der Waals surface area contributed by atoms with Gasteiger partial charge in [0, 0.05) is 18.7 Å². The van der Waals surface area contributed by atoms with E-state index in [0.717, 1.165) is 13.0 Å². The molecule has 1 aliphatic heterocycles. The number of nitriles is 1. The van der Waals surface area contributed by atoms with Crippen LogP contribution >= 0.6 is 0 Å². The first-order chi connectivity index (χ1) is 13.6. The second kappa shape index (κ2) is 9.47. The highest BCUT2D eigenvalue weighted by molar-refractivity contribution is 5.94. The maximum atomic E-state index is 12.4. The third-order valence-corrected chi connectivity index (χ3v) is 4.99. The van der Waals surface area contributed by atoms with Crippen molar-refractivity contribution in [3.8, 4) is 6.07 Å². The first-order valence-corrected chi connectivity index (χ1v) is 9.40. The van der Waals surface area contributed by atoms with Gasteiger partial charge in [-0.2, -0.15) is 5.26 Å². The van der Waals surface area contributed by atoms with Crippen LogP contribution in [0.15, 0.2) is 54.6 Å². The van der Waals surface area contributed by atoms with Crippen LogP contribution < -0.4 is 5.32 Å². The smallest absolute Gasteiger partial charge is 0.251 e. The van der Waals surface area contributed by atoms with E-state index in [1.807, 2.05) is 31.3 Å². The summed E-state index contributed by atoms with van der Waals surface area (Å²) in [5, 5.41) is 22.2. The number of carbonyl (C=O) groups excluding carboxylic acids is 1. The van der Waals surface area contributed by atoms with E-state index in [-0.39, 0.29) is 18.6 Å². The van der Waals surface area contributed by atoms with Crippen molar-refractivity contribution < 1.29 is 14.6 Å². The van der Waals surface area contributed by atoms with Crippen LogP contribution in [0.5, 0.6) is 0 Å². The molecule has 1 aliphatic rings. The van der Waals surface area contributed by atoms with Gasteiger partial charge in [0.2, 0.25) is 0 Å². The van der Waals surface area contributed by atoms with Crippen molar-refractivity contribution in [3.63, 3.8) is 0 Å². The molecule has 6 nitrogen and oxygen atoms in total. The van der Waals surface area contributed by atoms with E-state index in [1.54, 1.807) is 24.3 Å². The first kappa shape index (κ1) is 20.0. The van der Waals surface area contributed by atoms with Gasteiger partial charge in [0.1, 0.15) is 6.10 Å². The monoisotopic (exact) mass is 379 g/mol. The van der Waals surface area contributed by atoms with E-state index >= 15 is 0 Å². The molecule has 146 valence electrons. The van der Waals surface area contributed by atoms with Gasteiger partial charge in [-0.05, 0) is 43.3 Å². The van der Waals surface area contributed by atoms with Crippen molar-refractivity contribution in [2.75, 3.05) is 26.7 Å². The van der Waals surface area contributed by atoms with Crippen molar-refractivity contribution in [1.82, 2.24) is 10.2 Å². The average molecular weight is 379 g/mol. The molecule has 28 heavy (non-hydrogen) atoms. The molecule has 0 saturated carbocycles. The van der Waals surface area contributed by atoms with Crippen molar-refractivity contribution in [3.05, 3.63) is 71.3 Å². The highest BCUT2D eigenvalue weighted by Gasteiger charge is 2.37. The van der Waals surface area contributed by atoms with E-state index < -0.39 is 12.1 Å². The van der Waals surface area contributed by atoms with Crippen LogP contribution in [0.25, 0.3) is 0 Å². The molecule has 3 unspecified atom stereocenters. The van der Waals surface area contributed by atoms with E-state index in [0.29, 0.717) is 17.7 Å². The lowest BCUT2D eigenvalue weighted by molar-refractivity contribution is 0.0203. The van der Waals surface area contributed by atoms with Gasteiger partial charge in [0.25, 0.3) is 5.91 Å². The first-order valence-electron chi connectivity index (χ1n) is 9.40. The summed E-state index contributed by atoms with van der Waals surface area (Å²) < 4.78 is 5.72. The van der Waals surface area contributed by atoms with Gasteiger partial charge in [-0.25, -0.2) is 0 Å². The molecule has 1 amide bonds. The Morgan fingerprint density at radius 3 is 2.64 bits per heavy atom. The fourth-order valence-corrected chi connectivity index (χ4v) is 3.28. The van der Waals surface area contributed by atoms with Gasteiger partial charge >= 0.3 is 0 Å². The van der Waals surface area contributed by atoms with Crippen LogP contribution in [-0.4, -0.2) is 60.9 Å². The van der Waals surface area contributed by atoms with Crippen molar-refractivity contribution in [1.29, 1.82) is 5.26 Å². The molecule has 2 N–H and O–H groups in total. The normalized spacial score (nSPS) is 21.4. The van der Waals surface area contributed by atoms with E-state index in [4.69, 9.17) is 10.00 Å². The summed E-state index contributed by atoms with van der Waals surface area (Å²) >= 11 is 0. The lowest BCUT2D eigenvalue weighted by atomic mass is 10.1. The SMILES string of the molecule is CN(CCc1ccccc1)CC1OCC(NC(=O)c2ccc(C#N)cc2)C1O. The number of benzene rings is 2. The third-order valence-electron chi connectivity index (χ3n) is 4.99. The molecule has 0 bridgehead atoms. The van der Waals surface area contributed by atoms with Crippen molar-refractivity contribution >= 4 is 5.91 Å². The fraction of sp³-hybridized carbons (Fsp3) is 0.364. The maximum absolute atomic E-state index is 12.4. The number of amides is 1. The van der Waals surface area contributed by atoms with E-state index in [9.17, 15) is 9.90 Å². The molecule has 1 fully saturated rings. The summed E-state index contributed by atoms with van der Waals surface area (Å²) in [6, 6.07) is 18.2. The summed E-state index contributed by atoms with van der Waals surface area (Å²) in [4.78, 5) is 14.5. The van der Waals surface area contributed by atoms with Gasteiger partial charge in [-0.1, -0.05) is 30.3 Å². The molecule has 2 aromatic carbocycles. The maximum Gasteiger partial charge on any atom is 0.251 e. The Bertz CT molecular complexity index is 817. The summed E-state index contributed by atoms with van der Waals surface area (Å²) in [5.74, 6) is -0.282. The number of nitrogens with zero attached hydrogens (tertiary/aromatic N) is 2. The zero-order valence-electron chi connectivity index (χ0n) is 15.9. The minimum Gasteiger partial charge on any atom is -0.388 e. The molecule has 2 aromatic rings. The predicted octanol–water partition coefficient (Wildman–Crippen LogP) is 1.59. The van der Waals surface area contributed by atoms with Gasteiger partial charge in [0.05, 0.1) is 30.4 Å². The number of aliphatic hydroxyl groups excluding tert-OH is 1. The molecule has 0 aromatic heterocycles. The minimum absolute atomic E-state index is 0.278. The largest absolute Gasteiger partial charge is 0.388 e. The predicted molar refractivity (Wildman–Crippen MR) is 106 cm³/mol. The molecule has 1 saturated heterocycles. The Kier molecular flexibility index (Phi) is 6.77. The summed E-state index contributed by atoms with van der Waals surface area (Å²) in [6.07, 6.45) is -0.174. The Labute approximate surface area is 165 Å². The Hall–Kier alpha value is -2.72. The zero-order valence-corrected chi connectivity index (χ0v) is 15.9. The lowest BCUT2D eigenvalue weighted by Gasteiger charge is -2.24. The summed E-state index contributed by atoms with van der Waals surface area (Å²) in [6.45, 7) is 1.73. The minimum atomic E-state index is -0.762. The summed E-state index contributed by atoms with van der Waals surface area (Å²) in [5.41, 5.74) is 2.23. The highest BCUT2D eigenvalue weighted by atomic mass is 16.5. The van der Waals surface area contributed by atoms with Gasteiger partial charge in [-0.15, -0.1) is 0 Å². The van der Waals surface area contributed by atoms with E-state index in [1.165, 1.54) is 5.56 Å². The number of hydrogen-bond acceptors (Lipinski definition) is 5. The molecule has 0 spiro atoms. The highest BCUT2D eigenvalue weighted by Crippen LogP contribution is 2.16. The molecular weight excluding hydrogens is 354 g/mol. The van der Waals surface area contributed by atoms with Gasteiger partial charge < -0.3 is 20.1 Å². The third kappa shape index (κ3) is 5.17. The molecule has 6 heteroatoms. The molecule has 3 atom stereocenters. The number of rotatable bonds is 7. The van der Waals surface area contributed by atoms with Crippen LogP contribution in [0.3, 0.4) is 0 Å².